The molecule has 0 atom stereocenters. The number of hydrogen-bond donors (Lipinski definition) is 1. The van der Waals surface area contributed by atoms with E-state index in [1.54, 1.807) is 23.1 Å². The van der Waals surface area contributed by atoms with Gasteiger partial charge in [0.05, 0.1) is 0 Å². The monoisotopic (exact) mass is 355 g/mol. The third kappa shape index (κ3) is 4.58. The van der Waals surface area contributed by atoms with Gasteiger partial charge in [0, 0.05) is 11.4 Å². The minimum atomic E-state index is 0.197. The second-order valence-corrected chi connectivity index (χ2v) is 8.80. The lowest BCUT2D eigenvalue weighted by molar-refractivity contribution is 0.590. The van der Waals surface area contributed by atoms with Crippen LogP contribution in [0.2, 0.25) is 0 Å². The van der Waals surface area contributed by atoms with Crippen LogP contribution in [-0.2, 0) is 11.2 Å². The summed E-state index contributed by atoms with van der Waals surface area (Å²) in [4.78, 5) is 0. The van der Waals surface area contributed by atoms with Crippen LogP contribution < -0.4 is 5.32 Å². The third-order valence-electron chi connectivity index (χ3n) is 3.61. The average molecular weight is 356 g/mol. The molecule has 0 radical (unpaired) electrons. The van der Waals surface area contributed by atoms with Crippen LogP contribution in [0.5, 0.6) is 0 Å². The molecular formula is C19H21N3S2. The molecule has 0 aliphatic heterocycles. The molecule has 1 N–H and O–H groups in total. The highest BCUT2D eigenvalue weighted by Crippen LogP contribution is 2.30. The maximum Gasteiger partial charge on any atom is 0.210 e. The van der Waals surface area contributed by atoms with Crippen molar-refractivity contribution in [2.75, 3.05) is 5.32 Å². The lowest BCUT2D eigenvalue weighted by Gasteiger charge is -2.19. The van der Waals surface area contributed by atoms with Crippen LogP contribution in [0, 0.1) is 0 Å². The van der Waals surface area contributed by atoms with Gasteiger partial charge in [0.25, 0.3) is 0 Å². The van der Waals surface area contributed by atoms with Gasteiger partial charge in [-0.3, -0.25) is 0 Å². The van der Waals surface area contributed by atoms with Gasteiger partial charge < -0.3 is 5.32 Å². The molecular weight excluding hydrogens is 334 g/mol. The van der Waals surface area contributed by atoms with Crippen molar-refractivity contribution in [3.05, 3.63) is 65.7 Å². The smallest absolute Gasteiger partial charge is 0.210 e. The van der Waals surface area contributed by atoms with E-state index in [-0.39, 0.29) is 5.41 Å². The zero-order valence-corrected chi connectivity index (χ0v) is 15.7. The Morgan fingerprint density at radius 2 is 1.67 bits per heavy atom. The molecule has 0 aliphatic rings. The van der Waals surface area contributed by atoms with Gasteiger partial charge in [-0.2, -0.15) is 0 Å². The first-order valence-corrected chi connectivity index (χ1v) is 9.69. The van der Waals surface area contributed by atoms with E-state index >= 15 is 0 Å². The Morgan fingerprint density at radius 3 is 2.33 bits per heavy atom. The van der Waals surface area contributed by atoms with Crippen LogP contribution in [-0.4, -0.2) is 10.2 Å². The molecule has 0 saturated heterocycles. The number of anilines is 2. The molecule has 0 fully saturated rings. The Kier molecular flexibility index (Phi) is 5.21. The highest BCUT2D eigenvalue weighted by molar-refractivity contribution is 8.00. The van der Waals surface area contributed by atoms with Crippen LogP contribution in [0.4, 0.5) is 10.8 Å². The number of nitrogens with one attached hydrogen (secondary N) is 1. The second-order valence-electron chi connectivity index (χ2n) is 6.60. The number of hydrogen-bond acceptors (Lipinski definition) is 5. The largest absolute Gasteiger partial charge is 0.330 e. The van der Waals surface area contributed by atoms with E-state index in [9.17, 15) is 0 Å². The van der Waals surface area contributed by atoms with E-state index in [1.165, 1.54) is 11.1 Å². The van der Waals surface area contributed by atoms with Crippen molar-refractivity contribution in [2.45, 2.75) is 36.3 Å². The van der Waals surface area contributed by atoms with Crippen molar-refractivity contribution in [1.29, 1.82) is 0 Å². The maximum absolute atomic E-state index is 4.25. The number of rotatable bonds is 5. The summed E-state index contributed by atoms with van der Waals surface area (Å²) in [5, 5.41) is 12.6. The van der Waals surface area contributed by atoms with Gasteiger partial charge in [0.15, 0.2) is 4.34 Å². The van der Waals surface area contributed by atoms with Gasteiger partial charge in [0.1, 0.15) is 0 Å². The summed E-state index contributed by atoms with van der Waals surface area (Å²) in [6.07, 6.45) is 0. The minimum absolute atomic E-state index is 0.197. The van der Waals surface area contributed by atoms with E-state index in [0.29, 0.717) is 0 Å². The lowest BCUT2D eigenvalue weighted by Crippen LogP contribution is -2.10. The van der Waals surface area contributed by atoms with Crippen LogP contribution in [0.25, 0.3) is 0 Å². The molecule has 24 heavy (non-hydrogen) atoms. The number of nitrogens with zero attached hydrogens (tertiary/aromatic N) is 2. The van der Waals surface area contributed by atoms with E-state index < -0.39 is 0 Å². The summed E-state index contributed by atoms with van der Waals surface area (Å²) in [5.74, 6) is 0.907. The van der Waals surface area contributed by atoms with Crippen LogP contribution in [0.15, 0.2) is 58.9 Å². The zero-order valence-electron chi connectivity index (χ0n) is 14.1. The van der Waals surface area contributed by atoms with Crippen molar-refractivity contribution < 1.29 is 0 Å². The molecule has 1 aromatic heterocycles. The Balaban J connectivity index is 1.57. The predicted molar refractivity (Wildman–Crippen MR) is 104 cm³/mol. The van der Waals surface area contributed by atoms with Crippen LogP contribution in [0.3, 0.4) is 0 Å². The fraction of sp³-hybridized carbons (Fsp3) is 0.263. The molecule has 3 aromatic rings. The van der Waals surface area contributed by atoms with Crippen molar-refractivity contribution in [3.63, 3.8) is 0 Å². The zero-order chi connectivity index (χ0) is 17.0. The molecule has 2 aromatic carbocycles. The highest BCUT2D eigenvalue weighted by Gasteiger charge is 2.13. The molecule has 0 saturated carbocycles. The molecule has 124 valence electrons. The van der Waals surface area contributed by atoms with Gasteiger partial charge >= 0.3 is 0 Å². The van der Waals surface area contributed by atoms with Crippen molar-refractivity contribution in [1.82, 2.24) is 10.2 Å². The number of aromatic nitrogens is 2. The highest BCUT2D eigenvalue weighted by atomic mass is 32.2. The molecule has 0 spiro atoms. The quantitative estimate of drug-likeness (QED) is 0.581. The summed E-state index contributed by atoms with van der Waals surface area (Å²) in [6, 6.07) is 18.9. The van der Waals surface area contributed by atoms with Crippen LogP contribution in [0.1, 0.15) is 31.9 Å². The van der Waals surface area contributed by atoms with Gasteiger partial charge in [-0.15, -0.1) is 10.2 Å². The van der Waals surface area contributed by atoms with Crippen molar-refractivity contribution in [3.8, 4) is 0 Å². The topological polar surface area (TPSA) is 37.8 Å². The van der Waals surface area contributed by atoms with E-state index in [0.717, 1.165) is 20.9 Å². The molecule has 3 nitrogen and oxygen atoms in total. The molecule has 3 rings (SSSR count). The standard InChI is InChI=1S/C19H21N3S2/c1-19(2,3)15-11-9-14(10-12-15)13-23-18-22-21-17(24-18)20-16-7-5-4-6-8-16/h4-12H,13H2,1-3H3,(H,20,21). The summed E-state index contributed by atoms with van der Waals surface area (Å²) in [5.41, 5.74) is 3.90. The van der Waals surface area contributed by atoms with Gasteiger partial charge in [-0.25, -0.2) is 0 Å². The van der Waals surface area contributed by atoms with Crippen molar-refractivity contribution in [2.24, 2.45) is 0 Å². The van der Waals surface area contributed by atoms with E-state index in [2.05, 4.69) is 60.6 Å². The predicted octanol–water partition coefficient (Wildman–Crippen LogP) is 5.87. The summed E-state index contributed by atoms with van der Waals surface area (Å²) in [6.45, 7) is 6.71. The normalized spacial score (nSPS) is 11.5. The third-order valence-corrected chi connectivity index (χ3v) is 5.66. The Hall–Kier alpha value is -1.85. The van der Waals surface area contributed by atoms with Gasteiger partial charge in [-0.1, -0.05) is 86.3 Å². The molecule has 0 unspecified atom stereocenters. The average Bonchev–Trinajstić information content (AvgIpc) is 3.01. The fourth-order valence-corrected chi connectivity index (χ4v) is 3.94. The molecule has 0 bridgehead atoms. The summed E-state index contributed by atoms with van der Waals surface area (Å²) >= 11 is 3.31. The van der Waals surface area contributed by atoms with Gasteiger partial charge in [0.2, 0.25) is 5.13 Å². The minimum Gasteiger partial charge on any atom is -0.330 e. The van der Waals surface area contributed by atoms with E-state index in [4.69, 9.17) is 0 Å². The number of para-hydroxylation sites is 1. The fourth-order valence-electron chi connectivity index (χ4n) is 2.21. The Morgan fingerprint density at radius 1 is 0.958 bits per heavy atom. The Labute approximate surface area is 151 Å². The lowest BCUT2D eigenvalue weighted by atomic mass is 9.87. The number of thioether (sulfide) groups is 1. The van der Waals surface area contributed by atoms with Crippen molar-refractivity contribution >= 4 is 33.9 Å². The first-order valence-electron chi connectivity index (χ1n) is 7.88. The molecule has 0 amide bonds. The summed E-state index contributed by atoms with van der Waals surface area (Å²) < 4.78 is 0.980. The SMILES string of the molecule is CC(C)(C)c1ccc(CSc2nnc(Nc3ccccc3)s2)cc1. The maximum atomic E-state index is 4.25. The first-order chi connectivity index (χ1) is 11.5. The van der Waals surface area contributed by atoms with Gasteiger partial charge in [-0.05, 0) is 28.7 Å². The first kappa shape index (κ1) is 17.0. The summed E-state index contributed by atoms with van der Waals surface area (Å²) in [7, 11) is 0. The second kappa shape index (κ2) is 7.36. The Bertz CT molecular complexity index is 774. The van der Waals surface area contributed by atoms with Crippen LogP contribution >= 0.6 is 23.1 Å². The molecule has 0 aliphatic carbocycles. The van der Waals surface area contributed by atoms with E-state index in [1.807, 2.05) is 30.3 Å². The molecule has 5 heteroatoms. The molecule has 1 heterocycles. The number of benzene rings is 2.